The number of hydrogen-bond donors (Lipinski definition) is 0. The maximum Gasteiger partial charge on any atom is 0.132 e. The van der Waals surface area contributed by atoms with Crippen LogP contribution < -0.4 is 4.74 Å². The molecule has 1 heterocycles. The molecule has 0 saturated heterocycles. The van der Waals surface area contributed by atoms with Crippen molar-refractivity contribution in [3.63, 3.8) is 0 Å². The van der Waals surface area contributed by atoms with Crippen molar-refractivity contribution < 1.29 is 4.74 Å². The van der Waals surface area contributed by atoms with Crippen LogP contribution in [0.3, 0.4) is 0 Å². The van der Waals surface area contributed by atoms with Gasteiger partial charge in [0.2, 0.25) is 0 Å². The van der Waals surface area contributed by atoms with Crippen LogP contribution in [0.2, 0.25) is 5.02 Å². The number of ether oxygens (including phenoxy) is 1. The van der Waals surface area contributed by atoms with Crippen LogP contribution >= 0.6 is 23.2 Å². The van der Waals surface area contributed by atoms with E-state index in [-0.39, 0.29) is 5.38 Å². The third kappa shape index (κ3) is 2.59. The van der Waals surface area contributed by atoms with Crippen molar-refractivity contribution in [2.45, 2.75) is 12.3 Å². The highest BCUT2D eigenvalue weighted by Crippen LogP contribution is 2.30. The molecule has 0 aliphatic heterocycles. The van der Waals surface area contributed by atoms with Crippen LogP contribution in [0.4, 0.5) is 0 Å². The molecule has 0 N–H and O–H groups in total. The molecule has 0 fully saturated rings. The Morgan fingerprint density at radius 3 is 2.48 bits per heavy atom. The van der Waals surface area contributed by atoms with Gasteiger partial charge in [-0.15, -0.1) is 11.6 Å². The highest BCUT2D eigenvalue weighted by atomic mass is 35.5. The van der Waals surface area contributed by atoms with Gasteiger partial charge in [0.05, 0.1) is 23.5 Å². The van der Waals surface area contributed by atoms with Gasteiger partial charge < -0.3 is 4.74 Å². The summed E-state index contributed by atoms with van der Waals surface area (Å²) in [6.07, 6.45) is 0. The van der Waals surface area contributed by atoms with Crippen LogP contribution in [-0.2, 0) is 0 Å². The van der Waals surface area contributed by atoms with Crippen molar-refractivity contribution >= 4 is 34.2 Å². The first-order chi connectivity index (χ1) is 10.1. The van der Waals surface area contributed by atoms with Gasteiger partial charge in [-0.05, 0) is 43.3 Å². The largest absolute Gasteiger partial charge is 0.497 e. The van der Waals surface area contributed by atoms with E-state index >= 15 is 0 Å². The van der Waals surface area contributed by atoms with E-state index in [1.807, 2.05) is 54.0 Å². The van der Waals surface area contributed by atoms with Crippen molar-refractivity contribution in [2.75, 3.05) is 7.11 Å². The van der Waals surface area contributed by atoms with Crippen LogP contribution in [0.5, 0.6) is 5.75 Å². The minimum atomic E-state index is -0.209. The molecule has 3 nitrogen and oxygen atoms in total. The second kappa shape index (κ2) is 5.58. The third-order valence-electron chi connectivity index (χ3n) is 3.33. The number of alkyl halides is 1. The average molecular weight is 321 g/mol. The number of methoxy groups -OCH3 is 1. The summed E-state index contributed by atoms with van der Waals surface area (Å²) in [6, 6.07) is 13.4. The number of imidazole rings is 1. The van der Waals surface area contributed by atoms with Crippen molar-refractivity contribution in [1.29, 1.82) is 0 Å². The summed E-state index contributed by atoms with van der Waals surface area (Å²) in [5, 5.41) is 0.486. The van der Waals surface area contributed by atoms with Crippen LogP contribution in [0.15, 0.2) is 42.5 Å². The van der Waals surface area contributed by atoms with Gasteiger partial charge in [-0.2, -0.15) is 0 Å². The number of fused-ring (bicyclic) bond motifs is 1. The van der Waals surface area contributed by atoms with E-state index in [1.165, 1.54) is 0 Å². The number of halogens is 2. The molecule has 0 aliphatic carbocycles. The molecule has 2 aromatic carbocycles. The zero-order valence-corrected chi connectivity index (χ0v) is 13.2. The van der Waals surface area contributed by atoms with Gasteiger partial charge in [0.1, 0.15) is 11.6 Å². The summed E-state index contributed by atoms with van der Waals surface area (Å²) in [5.41, 5.74) is 2.81. The quantitative estimate of drug-likeness (QED) is 0.636. The van der Waals surface area contributed by atoms with E-state index in [9.17, 15) is 0 Å². The minimum Gasteiger partial charge on any atom is -0.497 e. The zero-order chi connectivity index (χ0) is 15.0. The topological polar surface area (TPSA) is 27.1 Å². The Morgan fingerprint density at radius 1 is 1.14 bits per heavy atom. The highest BCUT2D eigenvalue weighted by molar-refractivity contribution is 6.30. The molecule has 0 bridgehead atoms. The maximum absolute atomic E-state index is 6.29. The normalized spacial score (nSPS) is 12.6. The molecular formula is C16H14Cl2N2O. The molecule has 3 aromatic rings. The molecule has 108 valence electrons. The Kier molecular flexibility index (Phi) is 3.79. The Hall–Kier alpha value is -1.71. The fraction of sp³-hybridized carbons (Fsp3) is 0.188. The highest BCUT2D eigenvalue weighted by Gasteiger charge is 2.16. The molecular weight excluding hydrogens is 307 g/mol. The van der Waals surface area contributed by atoms with Gasteiger partial charge in [0.15, 0.2) is 0 Å². The van der Waals surface area contributed by atoms with Crippen molar-refractivity contribution in [1.82, 2.24) is 9.55 Å². The summed E-state index contributed by atoms with van der Waals surface area (Å²) in [4.78, 5) is 4.63. The molecule has 0 aliphatic rings. The predicted molar refractivity (Wildman–Crippen MR) is 86.9 cm³/mol. The van der Waals surface area contributed by atoms with E-state index in [0.29, 0.717) is 5.02 Å². The Morgan fingerprint density at radius 2 is 1.86 bits per heavy atom. The van der Waals surface area contributed by atoms with E-state index in [2.05, 4.69) is 4.98 Å². The summed E-state index contributed by atoms with van der Waals surface area (Å²) in [6.45, 7) is 1.91. The number of aromatic nitrogens is 2. The molecule has 1 unspecified atom stereocenters. The number of benzene rings is 2. The van der Waals surface area contributed by atoms with Crippen LogP contribution in [-0.4, -0.2) is 16.7 Å². The molecule has 1 atom stereocenters. The van der Waals surface area contributed by atoms with Crippen molar-refractivity contribution in [3.05, 3.63) is 53.3 Å². The first kappa shape index (κ1) is 14.2. The average Bonchev–Trinajstić information content (AvgIpc) is 2.86. The van der Waals surface area contributed by atoms with Crippen LogP contribution in [0, 0.1) is 0 Å². The molecule has 1 aromatic heterocycles. The standard InChI is InChI=1S/C16H14Cl2N2O/c1-10(17)16-19-14-8-7-13(21-2)9-15(14)20(16)12-5-3-11(18)4-6-12/h3-10H,1-2H3. The van der Waals surface area contributed by atoms with Gasteiger partial charge in [0, 0.05) is 16.8 Å². The summed E-state index contributed by atoms with van der Waals surface area (Å²) in [7, 11) is 1.65. The SMILES string of the molecule is COc1ccc2nc(C(C)Cl)n(-c3ccc(Cl)cc3)c2c1. The number of rotatable bonds is 3. The lowest BCUT2D eigenvalue weighted by Crippen LogP contribution is -2.01. The molecule has 21 heavy (non-hydrogen) atoms. The fourth-order valence-electron chi connectivity index (χ4n) is 2.33. The Labute approximate surface area is 133 Å². The number of hydrogen-bond acceptors (Lipinski definition) is 2. The molecule has 0 saturated carbocycles. The lowest BCUT2D eigenvalue weighted by atomic mass is 10.2. The molecule has 3 rings (SSSR count). The van der Waals surface area contributed by atoms with Crippen LogP contribution in [0.1, 0.15) is 18.1 Å². The molecule has 0 radical (unpaired) electrons. The maximum atomic E-state index is 6.29. The van der Waals surface area contributed by atoms with E-state index < -0.39 is 0 Å². The summed E-state index contributed by atoms with van der Waals surface area (Å²) >= 11 is 12.3. The van der Waals surface area contributed by atoms with Crippen LogP contribution in [0.25, 0.3) is 16.7 Å². The van der Waals surface area contributed by atoms with Gasteiger partial charge in [-0.1, -0.05) is 11.6 Å². The first-order valence-corrected chi connectivity index (χ1v) is 7.38. The minimum absolute atomic E-state index is 0.209. The Balaban J connectivity index is 2.30. The molecule has 5 heteroatoms. The van der Waals surface area contributed by atoms with Gasteiger partial charge >= 0.3 is 0 Å². The number of nitrogens with zero attached hydrogens (tertiary/aromatic N) is 2. The molecule has 0 spiro atoms. The zero-order valence-electron chi connectivity index (χ0n) is 11.7. The second-order valence-electron chi connectivity index (χ2n) is 4.75. The first-order valence-electron chi connectivity index (χ1n) is 6.56. The van der Waals surface area contributed by atoms with Gasteiger partial charge in [-0.25, -0.2) is 4.98 Å². The predicted octanol–water partition coefficient (Wildman–Crippen LogP) is 4.99. The third-order valence-corrected chi connectivity index (χ3v) is 3.78. The monoisotopic (exact) mass is 320 g/mol. The second-order valence-corrected chi connectivity index (χ2v) is 5.84. The summed E-state index contributed by atoms with van der Waals surface area (Å²) < 4.78 is 7.34. The van der Waals surface area contributed by atoms with E-state index in [0.717, 1.165) is 28.3 Å². The smallest absolute Gasteiger partial charge is 0.132 e. The van der Waals surface area contributed by atoms with Gasteiger partial charge in [-0.3, -0.25) is 4.57 Å². The lowest BCUT2D eigenvalue weighted by Gasteiger charge is -2.11. The Bertz CT molecular complexity index is 779. The lowest BCUT2D eigenvalue weighted by molar-refractivity contribution is 0.415. The van der Waals surface area contributed by atoms with E-state index in [1.54, 1.807) is 7.11 Å². The van der Waals surface area contributed by atoms with Crippen molar-refractivity contribution in [3.8, 4) is 11.4 Å². The summed E-state index contributed by atoms with van der Waals surface area (Å²) in [5.74, 6) is 1.58. The van der Waals surface area contributed by atoms with Crippen molar-refractivity contribution in [2.24, 2.45) is 0 Å². The molecule has 0 amide bonds. The fourth-order valence-corrected chi connectivity index (χ4v) is 2.60. The van der Waals surface area contributed by atoms with Gasteiger partial charge in [0.25, 0.3) is 0 Å². The van der Waals surface area contributed by atoms with E-state index in [4.69, 9.17) is 27.9 Å².